The summed E-state index contributed by atoms with van der Waals surface area (Å²) >= 11 is 0. The van der Waals surface area contributed by atoms with Crippen molar-refractivity contribution in [2.24, 2.45) is 0 Å². The minimum absolute atomic E-state index is 0.0154. The van der Waals surface area contributed by atoms with Gasteiger partial charge in [0.1, 0.15) is 6.61 Å². The number of ether oxygens (including phenoxy) is 1. The first-order valence-corrected chi connectivity index (χ1v) is 4.94. The van der Waals surface area contributed by atoms with E-state index < -0.39 is 17.5 Å². The summed E-state index contributed by atoms with van der Waals surface area (Å²) < 4.78 is 43.2. The van der Waals surface area contributed by atoms with Crippen LogP contribution < -0.4 is 5.32 Å². The Labute approximate surface area is 96.6 Å². The van der Waals surface area contributed by atoms with Crippen molar-refractivity contribution in [1.29, 1.82) is 0 Å². The van der Waals surface area contributed by atoms with Gasteiger partial charge in [-0.3, -0.25) is 4.79 Å². The molecule has 1 aromatic rings. The summed E-state index contributed by atoms with van der Waals surface area (Å²) in [5.41, 5.74) is 0.0154. The molecule has 0 atom stereocenters. The van der Waals surface area contributed by atoms with Crippen LogP contribution in [0.4, 0.5) is 13.2 Å². The van der Waals surface area contributed by atoms with Gasteiger partial charge in [0.2, 0.25) is 5.91 Å². The van der Waals surface area contributed by atoms with Crippen molar-refractivity contribution >= 4 is 5.91 Å². The van der Waals surface area contributed by atoms with Crippen LogP contribution in [0.15, 0.2) is 12.1 Å². The SMILES string of the molecule is COCC(=O)NCCc1ccc(F)c(F)c1F. The normalized spacial score (nSPS) is 10.4. The van der Waals surface area contributed by atoms with Crippen molar-refractivity contribution in [3.63, 3.8) is 0 Å². The van der Waals surface area contributed by atoms with E-state index in [1.54, 1.807) is 0 Å². The fourth-order valence-electron chi connectivity index (χ4n) is 1.28. The Morgan fingerprint density at radius 2 is 2.00 bits per heavy atom. The summed E-state index contributed by atoms with van der Waals surface area (Å²) in [4.78, 5) is 11.0. The van der Waals surface area contributed by atoms with Crippen LogP contribution in [0, 0.1) is 17.5 Å². The van der Waals surface area contributed by atoms with Gasteiger partial charge in [-0.25, -0.2) is 13.2 Å². The Hall–Kier alpha value is -1.56. The van der Waals surface area contributed by atoms with Gasteiger partial charge in [0.15, 0.2) is 17.5 Å². The minimum atomic E-state index is -1.49. The third-order valence-electron chi connectivity index (χ3n) is 2.11. The number of carbonyl (C=O) groups excluding carboxylic acids is 1. The molecule has 94 valence electrons. The lowest BCUT2D eigenvalue weighted by atomic mass is 10.1. The van der Waals surface area contributed by atoms with Gasteiger partial charge in [-0.15, -0.1) is 0 Å². The molecule has 0 aliphatic carbocycles. The first kappa shape index (κ1) is 13.5. The summed E-state index contributed by atoms with van der Waals surface area (Å²) in [5.74, 6) is -4.29. The molecule has 0 aliphatic rings. The highest BCUT2D eigenvalue weighted by Gasteiger charge is 2.12. The van der Waals surface area contributed by atoms with Crippen LogP contribution in [0.25, 0.3) is 0 Å². The fraction of sp³-hybridized carbons (Fsp3) is 0.364. The van der Waals surface area contributed by atoms with Crippen molar-refractivity contribution < 1.29 is 22.7 Å². The first-order valence-electron chi connectivity index (χ1n) is 4.94. The number of methoxy groups -OCH3 is 1. The van der Waals surface area contributed by atoms with Crippen LogP contribution in [0.3, 0.4) is 0 Å². The van der Waals surface area contributed by atoms with Gasteiger partial charge in [-0.2, -0.15) is 0 Å². The molecule has 1 aromatic carbocycles. The van der Waals surface area contributed by atoms with Crippen LogP contribution in [0.5, 0.6) is 0 Å². The standard InChI is InChI=1S/C11H12F3NO2/c1-17-6-9(16)15-5-4-7-2-3-8(12)11(14)10(7)13/h2-3H,4-6H2,1H3,(H,15,16). The van der Waals surface area contributed by atoms with E-state index in [-0.39, 0.29) is 31.0 Å². The lowest BCUT2D eigenvalue weighted by molar-refractivity contribution is -0.124. The molecule has 1 amide bonds. The molecule has 0 heterocycles. The number of nitrogens with one attached hydrogen (secondary N) is 1. The molecule has 0 fully saturated rings. The van der Waals surface area contributed by atoms with Crippen molar-refractivity contribution in [2.45, 2.75) is 6.42 Å². The Morgan fingerprint density at radius 3 is 2.65 bits per heavy atom. The molecule has 6 heteroatoms. The molecule has 3 nitrogen and oxygen atoms in total. The lowest BCUT2D eigenvalue weighted by Crippen LogP contribution is -2.29. The summed E-state index contributed by atoms with van der Waals surface area (Å²) in [6.07, 6.45) is 0.0818. The Balaban J connectivity index is 2.53. The average Bonchev–Trinajstić information content (AvgIpc) is 2.29. The number of carbonyl (C=O) groups is 1. The van der Waals surface area contributed by atoms with Crippen LogP contribution >= 0.6 is 0 Å². The van der Waals surface area contributed by atoms with Crippen molar-refractivity contribution in [2.75, 3.05) is 20.3 Å². The smallest absolute Gasteiger partial charge is 0.245 e. The van der Waals surface area contributed by atoms with Gasteiger partial charge in [-0.1, -0.05) is 6.07 Å². The van der Waals surface area contributed by atoms with Crippen LogP contribution in [0.2, 0.25) is 0 Å². The predicted molar refractivity (Wildman–Crippen MR) is 54.9 cm³/mol. The third-order valence-corrected chi connectivity index (χ3v) is 2.11. The highest BCUT2D eigenvalue weighted by atomic mass is 19.2. The van der Waals surface area contributed by atoms with E-state index in [9.17, 15) is 18.0 Å². The molecule has 17 heavy (non-hydrogen) atoms. The highest BCUT2D eigenvalue weighted by molar-refractivity contribution is 5.77. The zero-order chi connectivity index (χ0) is 12.8. The number of benzene rings is 1. The molecule has 0 bridgehead atoms. The van der Waals surface area contributed by atoms with Gasteiger partial charge >= 0.3 is 0 Å². The topological polar surface area (TPSA) is 38.3 Å². The van der Waals surface area contributed by atoms with Crippen LogP contribution in [0.1, 0.15) is 5.56 Å². The van der Waals surface area contributed by atoms with Gasteiger partial charge in [0.25, 0.3) is 0 Å². The number of hydrogen-bond acceptors (Lipinski definition) is 2. The lowest BCUT2D eigenvalue weighted by Gasteiger charge is -2.06. The Morgan fingerprint density at radius 1 is 1.29 bits per heavy atom. The molecule has 0 unspecified atom stereocenters. The van der Waals surface area contributed by atoms with Gasteiger partial charge in [0.05, 0.1) is 0 Å². The third kappa shape index (κ3) is 3.74. The molecule has 0 saturated carbocycles. The van der Waals surface area contributed by atoms with Crippen molar-refractivity contribution in [1.82, 2.24) is 5.32 Å². The molecular formula is C11H12F3NO2. The van der Waals surface area contributed by atoms with E-state index in [4.69, 9.17) is 0 Å². The molecule has 1 rings (SSSR count). The zero-order valence-electron chi connectivity index (χ0n) is 9.23. The number of hydrogen-bond donors (Lipinski definition) is 1. The van der Waals surface area contributed by atoms with Crippen LogP contribution in [-0.2, 0) is 16.0 Å². The molecule has 0 saturated heterocycles. The Bertz CT molecular complexity index is 410. The first-order chi connectivity index (χ1) is 8.06. The van der Waals surface area contributed by atoms with Gasteiger partial charge < -0.3 is 10.1 Å². The van der Waals surface area contributed by atoms with Crippen molar-refractivity contribution in [3.05, 3.63) is 35.1 Å². The number of amides is 1. The maximum atomic E-state index is 13.2. The van der Waals surface area contributed by atoms with Crippen molar-refractivity contribution in [3.8, 4) is 0 Å². The minimum Gasteiger partial charge on any atom is -0.375 e. The average molecular weight is 247 g/mol. The fourth-order valence-corrected chi connectivity index (χ4v) is 1.28. The second-order valence-electron chi connectivity index (χ2n) is 3.37. The van der Waals surface area contributed by atoms with E-state index in [0.29, 0.717) is 0 Å². The monoisotopic (exact) mass is 247 g/mol. The number of rotatable bonds is 5. The maximum Gasteiger partial charge on any atom is 0.245 e. The van der Waals surface area contributed by atoms with E-state index >= 15 is 0 Å². The van der Waals surface area contributed by atoms with E-state index in [0.717, 1.165) is 12.1 Å². The summed E-state index contributed by atoms with van der Waals surface area (Å²) in [6, 6.07) is 2.00. The van der Waals surface area contributed by atoms with E-state index in [1.807, 2.05) is 0 Å². The largest absolute Gasteiger partial charge is 0.375 e. The number of halogens is 3. The molecule has 1 N–H and O–H groups in total. The highest BCUT2D eigenvalue weighted by Crippen LogP contribution is 2.15. The maximum absolute atomic E-state index is 13.2. The summed E-state index contributed by atoms with van der Waals surface area (Å²) in [6.45, 7) is 0.0322. The Kier molecular flexibility index (Phi) is 4.96. The van der Waals surface area contributed by atoms with Gasteiger partial charge in [-0.05, 0) is 18.1 Å². The zero-order valence-corrected chi connectivity index (χ0v) is 9.23. The van der Waals surface area contributed by atoms with E-state index in [1.165, 1.54) is 7.11 Å². The second kappa shape index (κ2) is 6.24. The predicted octanol–water partition coefficient (Wildman–Crippen LogP) is 1.41. The molecule has 0 aliphatic heterocycles. The van der Waals surface area contributed by atoms with Crippen LogP contribution in [-0.4, -0.2) is 26.2 Å². The van der Waals surface area contributed by atoms with Gasteiger partial charge in [0, 0.05) is 13.7 Å². The quantitative estimate of drug-likeness (QED) is 0.799. The molecular weight excluding hydrogens is 235 g/mol. The molecule has 0 radical (unpaired) electrons. The summed E-state index contributed by atoms with van der Waals surface area (Å²) in [5, 5.41) is 2.45. The molecule has 0 aromatic heterocycles. The molecule has 0 spiro atoms. The summed E-state index contributed by atoms with van der Waals surface area (Å²) in [7, 11) is 1.37. The second-order valence-corrected chi connectivity index (χ2v) is 3.37. The van der Waals surface area contributed by atoms with E-state index in [2.05, 4.69) is 10.1 Å².